The molecule has 0 saturated carbocycles. The summed E-state index contributed by atoms with van der Waals surface area (Å²) in [6, 6.07) is 14.1. The first-order valence-corrected chi connectivity index (χ1v) is 10.9. The number of nitrogens with zero attached hydrogens (tertiary/aromatic N) is 2. The molecule has 0 amide bonds. The number of ketones is 1. The van der Waals surface area contributed by atoms with Crippen LogP contribution >= 0.6 is 0 Å². The number of hydrogen-bond donors (Lipinski definition) is 1. The predicted octanol–water partition coefficient (Wildman–Crippen LogP) is 2.31. The molecule has 0 radical (unpaired) electrons. The average Bonchev–Trinajstić information content (AvgIpc) is 3.08. The van der Waals surface area contributed by atoms with Gasteiger partial charge in [-0.15, -0.1) is 0 Å². The SMILES string of the molecule is CC(N)=C(C#N)C(=O)COC(=O)c1cccc(S(=O)(=O)N2c3ccccc3CC2C)c1. The first-order chi connectivity index (χ1) is 14.7. The topological polar surface area (TPSA) is 131 Å². The van der Waals surface area contributed by atoms with E-state index in [4.69, 9.17) is 15.7 Å². The lowest BCUT2D eigenvalue weighted by Crippen LogP contribution is -2.35. The van der Waals surface area contributed by atoms with Gasteiger partial charge in [0, 0.05) is 11.7 Å². The number of hydrogen-bond acceptors (Lipinski definition) is 7. The van der Waals surface area contributed by atoms with Crippen LogP contribution in [0, 0.1) is 11.3 Å². The lowest BCUT2D eigenvalue weighted by atomic mass is 10.1. The smallest absolute Gasteiger partial charge is 0.338 e. The molecular weight excluding hydrogens is 418 g/mol. The summed E-state index contributed by atoms with van der Waals surface area (Å²) in [5.74, 6) is -1.62. The van der Waals surface area contributed by atoms with Gasteiger partial charge in [-0.2, -0.15) is 5.26 Å². The van der Waals surface area contributed by atoms with Crippen LogP contribution in [0.4, 0.5) is 5.69 Å². The quantitative estimate of drug-likeness (QED) is 0.415. The molecule has 0 aliphatic carbocycles. The van der Waals surface area contributed by atoms with Gasteiger partial charge in [-0.05, 0) is 50.1 Å². The van der Waals surface area contributed by atoms with Crippen molar-refractivity contribution in [2.45, 2.75) is 31.2 Å². The Hall–Kier alpha value is -3.64. The Kier molecular flexibility index (Phi) is 6.13. The Morgan fingerprint density at radius 1 is 1.23 bits per heavy atom. The van der Waals surface area contributed by atoms with Crippen LogP contribution in [-0.2, 0) is 26.0 Å². The Labute approximate surface area is 180 Å². The molecule has 0 spiro atoms. The fourth-order valence-corrected chi connectivity index (χ4v) is 5.20. The zero-order valence-electron chi connectivity index (χ0n) is 17.0. The van der Waals surface area contributed by atoms with Crippen molar-refractivity contribution in [3.8, 4) is 6.07 Å². The van der Waals surface area contributed by atoms with Gasteiger partial charge in [0.1, 0.15) is 11.6 Å². The number of esters is 1. The van der Waals surface area contributed by atoms with Crippen molar-refractivity contribution >= 4 is 27.5 Å². The van der Waals surface area contributed by atoms with E-state index >= 15 is 0 Å². The maximum Gasteiger partial charge on any atom is 0.338 e. The summed E-state index contributed by atoms with van der Waals surface area (Å²) in [6.45, 7) is 2.54. The molecular formula is C22H21N3O5S. The highest BCUT2D eigenvalue weighted by molar-refractivity contribution is 7.92. The number of benzene rings is 2. The number of carbonyl (C=O) groups excluding carboxylic acids is 2. The van der Waals surface area contributed by atoms with Crippen LogP contribution < -0.4 is 10.0 Å². The third-order valence-corrected chi connectivity index (χ3v) is 6.81. The molecule has 0 saturated heterocycles. The summed E-state index contributed by atoms with van der Waals surface area (Å²) >= 11 is 0. The molecule has 8 nitrogen and oxygen atoms in total. The second-order valence-corrected chi connectivity index (χ2v) is 8.99. The molecule has 0 aromatic heterocycles. The predicted molar refractivity (Wildman–Crippen MR) is 114 cm³/mol. The highest BCUT2D eigenvalue weighted by Crippen LogP contribution is 2.36. The second-order valence-electron chi connectivity index (χ2n) is 7.18. The standard InChI is InChI=1S/C22H21N3O5S/c1-14-10-16-6-3-4-9-20(16)25(14)31(28,29)18-8-5-7-17(11-18)22(27)30-13-21(26)19(12-23)15(2)24/h3-9,11,14H,10,13,24H2,1-2H3. The summed E-state index contributed by atoms with van der Waals surface area (Å²) in [7, 11) is -3.93. The Bertz CT molecular complexity index is 1220. The van der Waals surface area contributed by atoms with E-state index in [1.165, 1.54) is 35.5 Å². The number of ether oxygens (including phenoxy) is 1. The van der Waals surface area contributed by atoms with Gasteiger partial charge in [0.05, 0.1) is 16.1 Å². The minimum atomic E-state index is -3.93. The number of rotatable bonds is 6. The van der Waals surface area contributed by atoms with Crippen molar-refractivity contribution < 1.29 is 22.7 Å². The molecule has 1 atom stereocenters. The third-order valence-electron chi connectivity index (χ3n) is 4.89. The number of nitrogens with two attached hydrogens (primary N) is 1. The van der Waals surface area contributed by atoms with E-state index in [1.54, 1.807) is 18.2 Å². The number of sulfonamides is 1. The highest BCUT2D eigenvalue weighted by atomic mass is 32.2. The molecule has 1 unspecified atom stereocenters. The second kappa shape index (κ2) is 8.62. The minimum Gasteiger partial charge on any atom is -0.454 e. The van der Waals surface area contributed by atoms with Crippen LogP contribution in [-0.4, -0.2) is 32.8 Å². The van der Waals surface area contributed by atoms with Crippen LogP contribution in [0.1, 0.15) is 29.8 Å². The lowest BCUT2D eigenvalue weighted by molar-refractivity contribution is -0.118. The van der Waals surface area contributed by atoms with Crippen molar-refractivity contribution in [2.75, 3.05) is 10.9 Å². The molecule has 0 fully saturated rings. The van der Waals surface area contributed by atoms with E-state index in [0.717, 1.165) is 5.56 Å². The molecule has 9 heteroatoms. The number of fused-ring (bicyclic) bond motifs is 1. The van der Waals surface area contributed by atoms with Gasteiger partial charge < -0.3 is 10.5 Å². The number of para-hydroxylation sites is 1. The van der Waals surface area contributed by atoms with Crippen LogP contribution in [0.5, 0.6) is 0 Å². The molecule has 2 aromatic carbocycles. The zero-order valence-corrected chi connectivity index (χ0v) is 17.8. The number of carbonyl (C=O) groups is 2. The van der Waals surface area contributed by atoms with Crippen LogP contribution in [0.15, 0.2) is 64.7 Å². The number of allylic oxidation sites excluding steroid dienone is 1. The van der Waals surface area contributed by atoms with Crippen LogP contribution in [0.2, 0.25) is 0 Å². The maximum absolute atomic E-state index is 13.3. The highest BCUT2D eigenvalue weighted by Gasteiger charge is 2.36. The van der Waals surface area contributed by atoms with Crippen LogP contribution in [0.3, 0.4) is 0 Å². The number of nitriles is 1. The van der Waals surface area contributed by atoms with E-state index in [2.05, 4.69) is 0 Å². The van der Waals surface area contributed by atoms with E-state index in [1.807, 2.05) is 19.1 Å². The van der Waals surface area contributed by atoms with Crippen molar-refractivity contribution in [3.63, 3.8) is 0 Å². The van der Waals surface area contributed by atoms with Gasteiger partial charge in [0.15, 0.2) is 6.61 Å². The Morgan fingerprint density at radius 3 is 2.61 bits per heavy atom. The monoisotopic (exact) mass is 439 g/mol. The van der Waals surface area contributed by atoms with Crippen molar-refractivity contribution in [1.82, 2.24) is 0 Å². The largest absolute Gasteiger partial charge is 0.454 e. The lowest BCUT2D eigenvalue weighted by Gasteiger charge is -2.24. The number of Topliss-reactive ketones (excluding diaryl/α,β-unsaturated/α-hetero) is 1. The van der Waals surface area contributed by atoms with Crippen molar-refractivity contribution in [1.29, 1.82) is 5.26 Å². The Morgan fingerprint density at radius 2 is 1.94 bits per heavy atom. The average molecular weight is 439 g/mol. The zero-order chi connectivity index (χ0) is 22.8. The fourth-order valence-electron chi connectivity index (χ4n) is 3.46. The minimum absolute atomic E-state index is 0.0247. The summed E-state index contributed by atoms with van der Waals surface area (Å²) in [6.07, 6.45) is 0.592. The molecule has 1 aliphatic heterocycles. The van der Waals surface area contributed by atoms with E-state index in [0.29, 0.717) is 12.1 Å². The van der Waals surface area contributed by atoms with Gasteiger partial charge in [0.2, 0.25) is 5.78 Å². The third kappa shape index (κ3) is 4.29. The molecule has 2 N–H and O–H groups in total. The fraction of sp³-hybridized carbons (Fsp3) is 0.227. The molecule has 160 valence electrons. The van der Waals surface area contributed by atoms with Gasteiger partial charge in [-0.1, -0.05) is 24.3 Å². The molecule has 3 rings (SSSR count). The first-order valence-electron chi connectivity index (χ1n) is 9.46. The normalized spacial score (nSPS) is 16.2. The van der Waals surface area contributed by atoms with Gasteiger partial charge in [-0.25, -0.2) is 13.2 Å². The summed E-state index contributed by atoms with van der Waals surface area (Å²) in [5.41, 5.74) is 6.72. The molecule has 1 aliphatic rings. The van der Waals surface area contributed by atoms with E-state index in [9.17, 15) is 18.0 Å². The molecule has 2 aromatic rings. The number of anilines is 1. The van der Waals surface area contributed by atoms with Crippen molar-refractivity contribution in [2.24, 2.45) is 5.73 Å². The molecule has 31 heavy (non-hydrogen) atoms. The molecule has 1 heterocycles. The van der Waals surface area contributed by atoms with Gasteiger partial charge in [0.25, 0.3) is 10.0 Å². The summed E-state index contributed by atoms with van der Waals surface area (Å²) in [5, 5.41) is 8.95. The van der Waals surface area contributed by atoms with E-state index in [-0.39, 0.29) is 27.8 Å². The first kappa shape index (κ1) is 22.1. The van der Waals surface area contributed by atoms with Gasteiger partial charge in [-0.3, -0.25) is 9.10 Å². The molecule has 0 bridgehead atoms. The Balaban J connectivity index is 1.83. The van der Waals surface area contributed by atoms with Gasteiger partial charge >= 0.3 is 5.97 Å². The summed E-state index contributed by atoms with van der Waals surface area (Å²) < 4.78 is 32.9. The maximum atomic E-state index is 13.3. The van der Waals surface area contributed by atoms with Crippen LogP contribution in [0.25, 0.3) is 0 Å². The van der Waals surface area contributed by atoms with E-state index < -0.39 is 28.4 Å². The van der Waals surface area contributed by atoms with Crippen molar-refractivity contribution in [3.05, 3.63) is 70.9 Å². The summed E-state index contributed by atoms with van der Waals surface area (Å²) in [4.78, 5) is 24.3.